The van der Waals surface area contributed by atoms with Crippen molar-refractivity contribution in [2.45, 2.75) is 69.2 Å². The van der Waals surface area contributed by atoms with E-state index in [9.17, 15) is 19.2 Å². The molecule has 2 aliphatic heterocycles. The Morgan fingerprint density at radius 2 is 1.44 bits per heavy atom. The highest BCUT2D eigenvalue weighted by Gasteiger charge is 2.64. The summed E-state index contributed by atoms with van der Waals surface area (Å²) >= 11 is 0. The molecule has 4 atom stereocenters. The summed E-state index contributed by atoms with van der Waals surface area (Å²) in [6.07, 6.45) is 6.37. The first-order valence-corrected chi connectivity index (χ1v) is 19.8. The van der Waals surface area contributed by atoms with E-state index in [-0.39, 0.29) is 48.1 Å². The number of para-hydroxylation sites is 1. The second-order valence-electron chi connectivity index (χ2n) is 15.6. The summed E-state index contributed by atoms with van der Waals surface area (Å²) in [7, 11) is 0. The van der Waals surface area contributed by atoms with Gasteiger partial charge in [-0.25, -0.2) is 4.98 Å². The Labute approximate surface area is 333 Å². The molecule has 0 radical (unpaired) electrons. The lowest BCUT2D eigenvalue weighted by molar-refractivity contribution is -0.141. The summed E-state index contributed by atoms with van der Waals surface area (Å²) in [5, 5.41) is 5.72. The fraction of sp³-hybridized carbons (Fsp3) is 0.326. The maximum atomic E-state index is 13.8. The first-order valence-electron chi connectivity index (χ1n) is 19.8. The molecule has 0 spiro atoms. The van der Waals surface area contributed by atoms with E-state index in [4.69, 9.17) is 9.72 Å². The minimum Gasteiger partial charge on any atom is -0.494 e. The largest absolute Gasteiger partial charge is 0.494 e. The molecular weight excluding hydrogens is 717 g/mol. The first-order chi connectivity index (χ1) is 27.8. The van der Waals surface area contributed by atoms with Crippen molar-refractivity contribution in [2.75, 3.05) is 19.7 Å². The quantitative estimate of drug-likeness (QED) is 0.110. The van der Waals surface area contributed by atoms with E-state index < -0.39 is 17.6 Å². The van der Waals surface area contributed by atoms with Crippen LogP contribution in [0.25, 0.3) is 0 Å². The van der Waals surface area contributed by atoms with Crippen LogP contribution in [0.2, 0.25) is 0 Å². The maximum Gasteiger partial charge on any atom is 0.245 e. The van der Waals surface area contributed by atoms with Crippen LogP contribution in [-0.2, 0) is 31.3 Å². The van der Waals surface area contributed by atoms with Crippen LogP contribution in [0.3, 0.4) is 0 Å². The minimum atomic E-state index is -0.719. The van der Waals surface area contributed by atoms with E-state index in [0.717, 1.165) is 34.6 Å². The van der Waals surface area contributed by atoms with Crippen LogP contribution in [0.1, 0.15) is 61.4 Å². The molecule has 11 nitrogen and oxygen atoms in total. The average molecular weight is 765 g/mol. The van der Waals surface area contributed by atoms with Crippen LogP contribution in [0.15, 0.2) is 134 Å². The average Bonchev–Trinajstić information content (AvgIpc) is 3.50. The van der Waals surface area contributed by atoms with Crippen LogP contribution in [0.5, 0.6) is 5.75 Å². The molecule has 11 heteroatoms. The second kappa shape index (κ2) is 16.1. The molecule has 292 valence electrons. The Balaban J connectivity index is 0.901. The number of nitrogens with zero attached hydrogens (tertiary/aromatic N) is 4. The van der Waals surface area contributed by atoms with Crippen molar-refractivity contribution in [3.63, 3.8) is 0 Å². The number of hydrogen-bond acceptors (Lipinski definition) is 6. The number of hydrogen-bond donors (Lipinski definition) is 2. The van der Waals surface area contributed by atoms with Crippen molar-refractivity contribution in [3.8, 4) is 5.75 Å². The molecule has 1 aromatic heterocycles. The molecule has 3 fully saturated rings. The van der Waals surface area contributed by atoms with Crippen molar-refractivity contribution in [3.05, 3.63) is 156 Å². The zero-order chi connectivity index (χ0) is 39.4. The van der Waals surface area contributed by atoms with Crippen molar-refractivity contribution in [1.29, 1.82) is 0 Å². The number of nitrogens with one attached hydrogen (secondary N) is 2. The lowest BCUT2D eigenvalue weighted by Crippen LogP contribution is -2.53. The lowest BCUT2D eigenvalue weighted by atomic mass is 9.77. The number of aromatic nitrogens is 2. The van der Waals surface area contributed by atoms with Gasteiger partial charge in [-0.1, -0.05) is 116 Å². The van der Waals surface area contributed by atoms with E-state index in [1.54, 1.807) is 9.80 Å². The number of fused-ring (bicyclic) bond motifs is 1. The number of piperidine rings is 1. The molecule has 3 heterocycles. The number of amides is 4. The van der Waals surface area contributed by atoms with Gasteiger partial charge < -0.3 is 29.7 Å². The minimum absolute atomic E-state index is 0.0578. The van der Waals surface area contributed by atoms with Crippen LogP contribution in [-0.4, -0.2) is 80.8 Å². The molecular formula is C46H48N6O5. The van der Waals surface area contributed by atoms with E-state index in [1.165, 1.54) is 0 Å². The standard InChI is InChI=1S/C46H48N6O5/c1-45-27-39(52(40(45)28-45)42(54)29-47-41(53)23-14-26-57-37-21-12-5-13-22-37)43(55)49-38-24-25-50(44(38)56)30-36-31-51(32-48-36)46(33-15-6-2-7-16-33,34-17-8-3-9-18-34)35-19-10-4-11-20-35/h2-13,15-22,31-32,38-40H,14,23-30H2,1H3,(H,47,53)(H,49,55)/t38-,39+,40+,45-/m1/s1. The number of rotatable bonds is 15. The monoisotopic (exact) mass is 764 g/mol. The number of ether oxygens (including phenoxy) is 1. The van der Waals surface area contributed by atoms with Gasteiger partial charge in [0.15, 0.2) is 0 Å². The van der Waals surface area contributed by atoms with E-state index in [2.05, 4.69) is 58.5 Å². The molecule has 2 N–H and O–H groups in total. The lowest BCUT2D eigenvalue weighted by Gasteiger charge is -2.37. The summed E-state index contributed by atoms with van der Waals surface area (Å²) in [4.78, 5) is 61.8. The van der Waals surface area contributed by atoms with Gasteiger partial charge in [-0.3, -0.25) is 19.2 Å². The Morgan fingerprint density at radius 1 is 0.842 bits per heavy atom. The van der Waals surface area contributed by atoms with Crippen LogP contribution in [0.4, 0.5) is 0 Å². The molecule has 5 aromatic rings. The van der Waals surface area contributed by atoms with E-state index >= 15 is 0 Å². The third-order valence-electron chi connectivity index (χ3n) is 11.8. The normalized spacial score (nSPS) is 21.2. The summed E-state index contributed by atoms with van der Waals surface area (Å²) in [6.45, 7) is 3.04. The highest BCUT2D eigenvalue weighted by atomic mass is 16.5. The highest BCUT2D eigenvalue weighted by molar-refractivity contribution is 5.95. The van der Waals surface area contributed by atoms with Gasteiger partial charge in [0.05, 0.1) is 31.7 Å². The number of carbonyl (C=O) groups is 4. The number of benzene rings is 4. The smallest absolute Gasteiger partial charge is 0.245 e. The third kappa shape index (κ3) is 7.66. The zero-order valence-electron chi connectivity index (χ0n) is 32.1. The summed E-state index contributed by atoms with van der Waals surface area (Å²) < 4.78 is 7.79. The van der Waals surface area contributed by atoms with Gasteiger partial charge in [0.25, 0.3) is 0 Å². The van der Waals surface area contributed by atoms with E-state index in [0.29, 0.717) is 39.0 Å². The SMILES string of the molecule is C[C@@]12C[C@@H]1N(C(=O)CNC(=O)CCCOc1ccccc1)[C@H](C(=O)N[C@@H]1CCN(Cc3cn(C(c4ccccc4)(c4ccccc4)c4ccccc4)cn3)C1=O)C2. The topological polar surface area (TPSA) is 126 Å². The van der Waals surface area contributed by atoms with Crippen LogP contribution in [0, 0.1) is 5.41 Å². The van der Waals surface area contributed by atoms with Crippen molar-refractivity contribution in [1.82, 2.24) is 30.0 Å². The van der Waals surface area contributed by atoms with Gasteiger partial charge in [-0.05, 0) is 59.9 Å². The highest BCUT2D eigenvalue weighted by Crippen LogP contribution is 2.59. The number of likely N-dealkylation sites (tertiary alicyclic amines) is 2. The molecule has 3 aliphatic rings. The zero-order valence-corrected chi connectivity index (χ0v) is 32.1. The Hall–Kier alpha value is -6.23. The fourth-order valence-electron chi connectivity index (χ4n) is 8.76. The van der Waals surface area contributed by atoms with Gasteiger partial charge >= 0.3 is 0 Å². The van der Waals surface area contributed by atoms with Gasteiger partial charge in [0.2, 0.25) is 23.6 Å². The Bertz CT molecular complexity index is 2100. The first kappa shape index (κ1) is 37.7. The second-order valence-corrected chi connectivity index (χ2v) is 15.6. The van der Waals surface area contributed by atoms with E-state index in [1.807, 2.05) is 97.5 Å². The molecule has 4 amide bonds. The van der Waals surface area contributed by atoms with Crippen LogP contribution >= 0.6 is 0 Å². The van der Waals surface area contributed by atoms with Crippen molar-refractivity contribution in [2.24, 2.45) is 5.41 Å². The molecule has 1 saturated carbocycles. The van der Waals surface area contributed by atoms with Gasteiger partial charge in [0.1, 0.15) is 23.4 Å². The molecule has 0 unspecified atom stereocenters. The van der Waals surface area contributed by atoms with Crippen molar-refractivity contribution >= 4 is 23.6 Å². The molecule has 57 heavy (non-hydrogen) atoms. The van der Waals surface area contributed by atoms with Gasteiger partial charge in [-0.15, -0.1) is 0 Å². The molecule has 2 saturated heterocycles. The van der Waals surface area contributed by atoms with Crippen LogP contribution < -0.4 is 15.4 Å². The molecule has 4 aromatic carbocycles. The predicted molar refractivity (Wildman–Crippen MR) is 215 cm³/mol. The fourth-order valence-corrected chi connectivity index (χ4v) is 8.76. The third-order valence-corrected chi connectivity index (χ3v) is 11.8. The summed E-state index contributed by atoms with van der Waals surface area (Å²) in [6, 6.07) is 39.0. The Kier molecular flexibility index (Phi) is 10.6. The maximum absolute atomic E-state index is 13.8. The number of carbonyl (C=O) groups excluding carboxylic acids is 4. The molecule has 0 bridgehead atoms. The molecule has 8 rings (SSSR count). The summed E-state index contributed by atoms with van der Waals surface area (Å²) in [5.74, 6) is -0.293. The number of imidazole rings is 1. The predicted octanol–water partition coefficient (Wildman–Crippen LogP) is 5.30. The van der Waals surface area contributed by atoms with Crippen molar-refractivity contribution < 1.29 is 23.9 Å². The Morgan fingerprint density at radius 3 is 2.05 bits per heavy atom. The van der Waals surface area contributed by atoms with Gasteiger partial charge in [0, 0.05) is 25.2 Å². The van der Waals surface area contributed by atoms with Gasteiger partial charge in [-0.2, -0.15) is 0 Å². The molecule has 1 aliphatic carbocycles. The summed E-state index contributed by atoms with van der Waals surface area (Å²) in [5.41, 5.74) is 3.09.